The Balaban J connectivity index is 1.59. The first kappa shape index (κ1) is 19.3. The zero-order valence-corrected chi connectivity index (χ0v) is 15.5. The number of amides is 2. The van der Waals surface area contributed by atoms with E-state index >= 15 is 0 Å². The Morgan fingerprint density at radius 1 is 1.10 bits per heavy atom. The van der Waals surface area contributed by atoms with E-state index in [9.17, 15) is 22.8 Å². The second-order valence-electron chi connectivity index (χ2n) is 7.36. The van der Waals surface area contributed by atoms with Crippen LogP contribution < -0.4 is 15.4 Å². The summed E-state index contributed by atoms with van der Waals surface area (Å²) in [6.07, 6.45) is -5.01. The Morgan fingerprint density at radius 3 is 2.55 bits per heavy atom. The molecule has 2 aromatic rings. The minimum atomic E-state index is -4.52. The average Bonchev–Trinajstić information content (AvgIpc) is 2.67. The van der Waals surface area contributed by atoms with Crippen LogP contribution in [0.15, 0.2) is 42.5 Å². The van der Waals surface area contributed by atoms with Gasteiger partial charge in [-0.15, -0.1) is 0 Å². The number of fused-ring (bicyclic) bond motifs is 2. The summed E-state index contributed by atoms with van der Waals surface area (Å²) >= 11 is 0. The molecule has 152 valence electrons. The highest BCUT2D eigenvalue weighted by Crippen LogP contribution is 2.43. The van der Waals surface area contributed by atoms with E-state index in [1.807, 2.05) is 42.6 Å². The van der Waals surface area contributed by atoms with Gasteiger partial charge in [0.05, 0.1) is 6.04 Å². The van der Waals surface area contributed by atoms with Crippen LogP contribution in [0.4, 0.5) is 13.2 Å². The van der Waals surface area contributed by atoms with E-state index in [0.717, 1.165) is 16.7 Å². The summed E-state index contributed by atoms with van der Waals surface area (Å²) in [5.41, 5.74) is 2.43. The van der Waals surface area contributed by atoms with Crippen molar-refractivity contribution in [2.75, 3.05) is 0 Å². The number of halogens is 3. The number of nitrogens with one attached hydrogen (secondary N) is 2. The van der Waals surface area contributed by atoms with Gasteiger partial charge in [0.25, 0.3) is 0 Å². The molecule has 4 rings (SSSR count). The maximum absolute atomic E-state index is 12.9. The van der Waals surface area contributed by atoms with Gasteiger partial charge in [-0.3, -0.25) is 9.59 Å². The van der Waals surface area contributed by atoms with Crippen LogP contribution in [-0.2, 0) is 9.59 Å². The van der Waals surface area contributed by atoms with Gasteiger partial charge in [-0.25, -0.2) is 0 Å². The van der Waals surface area contributed by atoms with Gasteiger partial charge in [0, 0.05) is 11.1 Å². The van der Waals surface area contributed by atoms with Crippen LogP contribution in [0.2, 0.25) is 0 Å². The van der Waals surface area contributed by atoms with Crippen molar-refractivity contribution in [3.05, 3.63) is 59.2 Å². The van der Waals surface area contributed by atoms with Gasteiger partial charge in [0.15, 0.2) is 0 Å². The second kappa shape index (κ2) is 7.09. The summed E-state index contributed by atoms with van der Waals surface area (Å²) in [5, 5.41) is 4.77. The standard InChI is InChI=1S/C21H19F3N2O3/c1-11-6-8-16-14(10-11)18(12-4-2-3-5-15(12)29-16)26-20(28)13-7-9-17(21(22,23)24)25-19(13)27/h2-6,8,10,13,17-18H,7,9H2,1H3,(H,25,27)(H,26,28). The van der Waals surface area contributed by atoms with E-state index in [2.05, 4.69) is 5.32 Å². The lowest BCUT2D eigenvalue weighted by atomic mass is 9.90. The molecule has 0 saturated carbocycles. The number of piperidine rings is 1. The van der Waals surface area contributed by atoms with E-state index in [0.29, 0.717) is 11.5 Å². The summed E-state index contributed by atoms with van der Waals surface area (Å²) < 4.78 is 44.5. The summed E-state index contributed by atoms with van der Waals surface area (Å²) in [6.45, 7) is 1.91. The first-order chi connectivity index (χ1) is 13.7. The minimum absolute atomic E-state index is 0.159. The number of para-hydroxylation sites is 1. The number of alkyl halides is 3. The third kappa shape index (κ3) is 3.66. The molecule has 29 heavy (non-hydrogen) atoms. The van der Waals surface area contributed by atoms with Gasteiger partial charge < -0.3 is 15.4 Å². The molecule has 2 aromatic carbocycles. The molecular formula is C21H19F3N2O3. The van der Waals surface area contributed by atoms with Gasteiger partial charge in [0.2, 0.25) is 11.8 Å². The molecule has 0 radical (unpaired) electrons. The van der Waals surface area contributed by atoms with Gasteiger partial charge in [-0.05, 0) is 38.0 Å². The Labute approximate surface area is 165 Å². The Morgan fingerprint density at radius 2 is 1.83 bits per heavy atom. The molecule has 8 heteroatoms. The molecule has 2 N–H and O–H groups in total. The predicted molar refractivity (Wildman–Crippen MR) is 98.4 cm³/mol. The van der Waals surface area contributed by atoms with Crippen molar-refractivity contribution in [2.24, 2.45) is 5.92 Å². The summed E-state index contributed by atoms with van der Waals surface area (Å²) in [6, 6.07) is 10.3. The lowest BCUT2D eigenvalue weighted by Gasteiger charge is -2.33. The van der Waals surface area contributed by atoms with Crippen LogP contribution in [-0.4, -0.2) is 24.0 Å². The maximum atomic E-state index is 12.9. The lowest BCUT2D eigenvalue weighted by molar-refractivity contribution is -0.171. The van der Waals surface area contributed by atoms with Crippen LogP contribution in [0, 0.1) is 12.8 Å². The molecule has 2 aliphatic rings. The number of carbonyl (C=O) groups is 2. The highest BCUT2D eigenvalue weighted by molar-refractivity contribution is 6.01. The Bertz CT molecular complexity index is 974. The van der Waals surface area contributed by atoms with Crippen molar-refractivity contribution in [2.45, 2.75) is 38.0 Å². The fourth-order valence-corrected chi connectivity index (χ4v) is 3.79. The summed E-state index contributed by atoms with van der Waals surface area (Å²) in [7, 11) is 0. The van der Waals surface area contributed by atoms with Crippen molar-refractivity contribution < 1.29 is 27.5 Å². The van der Waals surface area contributed by atoms with Crippen LogP contribution in [0.5, 0.6) is 11.5 Å². The molecule has 5 nitrogen and oxygen atoms in total. The molecule has 0 spiro atoms. The van der Waals surface area contributed by atoms with Crippen molar-refractivity contribution in [3.8, 4) is 11.5 Å². The Hall–Kier alpha value is -3.03. The average molecular weight is 404 g/mol. The van der Waals surface area contributed by atoms with Gasteiger partial charge in [-0.1, -0.05) is 29.8 Å². The third-order valence-corrected chi connectivity index (χ3v) is 5.30. The fraction of sp³-hybridized carbons (Fsp3) is 0.333. The van der Waals surface area contributed by atoms with Crippen LogP contribution in [0.1, 0.15) is 35.6 Å². The molecule has 3 atom stereocenters. The molecule has 2 amide bonds. The molecule has 2 heterocycles. The minimum Gasteiger partial charge on any atom is -0.457 e. The quantitative estimate of drug-likeness (QED) is 0.749. The molecule has 1 saturated heterocycles. The molecule has 0 aliphatic carbocycles. The second-order valence-corrected chi connectivity index (χ2v) is 7.36. The SMILES string of the molecule is Cc1ccc2c(c1)C(NC(=O)C1CCC(C(F)(F)F)NC1=O)c1ccccc1O2. The maximum Gasteiger partial charge on any atom is 0.408 e. The predicted octanol–water partition coefficient (Wildman–Crippen LogP) is 3.76. The van der Waals surface area contributed by atoms with Crippen molar-refractivity contribution in [3.63, 3.8) is 0 Å². The number of hydrogen-bond donors (Lipinski definition) is 2. The van der Waals surface area contributed by atoms with Crippen molar-refractivity contribution >= 4 is 11.8 Å². The molecular weight excluding hydrogens is 385 g/mol. The summed E-state index contributed by atoms with van der Waals surface area (Å²) in [5.74, 6) is -1.50. The van der Waals surface area contributed by atoms with Crippen molar-refractivity contribution in [1.29, 1.82) is 0 Å². The normalized spacial score (nSPS) is 23.3. The van der Waals surface area contributed by atoms with Crippen LogP contribution in [0.3, 0.4) is 0 Å². The van der Waals surface area contributed by atoms with Gasteiger partial charge >= 0.3 is 6.18 Å². The molecule has 1 fully saturated rings. The number of aryl methyl sites for hydroxylation is 1. The smallest absolute Gasteiger partial charge is 0.408 e. The summed E-state index contributed by atoms with van der Waals surface area (Å²) in [4.78, 5) is 25.0. The molecule has 3 unspecified atom stereocenters. The topological polar surface area (TPSA) is 67.4 Å². The van der Waals surface area contributed by atoms with Gasteiger partial charge in [0.1, 0.15) is 23.5 Å². The van der Waals surface area contributed by atoms with Crippen LogP contribution >= 0.6 is 0 Å². The van der Waals surface area contributed by atoms with Gasteiger partial charge in [-0.2, -0.15) is 13.2 Å². The highest BCUT2D eigenvalue weighted by Gasteiger charge is 2.46. The largest absolute Gasteiger partial charge is 0.457 e. The third-order valence-electron chi connectivity index (χ3n) is 5.30. The number of benzene rings is 2. The van der Waals surface area contributed by atoms with Crippen LogP contribution in [0.25, 0.3) is 0 Å². The van der Waals surface area contributed by atoms with E-state index in [1.165, 1.54) is 0 Å². The van der Waals surface area contributed by atoms with E-state index < -0.39 is 36.0 Å². The first-order valence-electron chi connectivity index (χ1n) is 9.29. The molecule has 0 aromatic heterocycles. The Kier molecular flexibility index (Phi) is 4.72. The monoisotopic (exact) mass is 404 g/mol. The molecule has 0 bridgehead atoms. The first-order valence-corrected chi connectivity index (χ1v) is 9.29. The zero-order valence-electron chi connectivity index (χ0n) is 15.5. The molecule has 2 aliphatic heterocycles. The lowest BCUT2D eigenvalue weighted by Crippen LogP contribution is -2.54. The number of carbonyl (C=O) groups excluding carboxylic acids is 2. The highest BCUT2D eigenvalue weighted by atomic mass is 19.4. The zero-order chi connectivity index (χ0) is 20.8. The van der Waals surface area contributed by atoms with E-state index in [1.54, 1.807) is 12.1 Å². The van der Waals surface area contributed by atoms with E-state index in [-0.39, 0.29) is 12.8 Å². The fourth-order valence-electron chi connectivity index (χ4n) is 3.79. The number of hydrogen-bond acceptors (Lipinski definition) is 3. The number of ether oxygens (including phenoxy) is 1. The van der Waals surface area contributed by atoms with E-state index in [4.69, 9.17) is 4.74 Å². The number of rotatable bonds is 2. The van der Waals surface area contributed by atoms with Crippen molar-refractivity contribution in [1.82, 2.24) is 10.6 Å².